The van der Waals surface area contributed by atoms with Gasteiger partial charge in [0.2, 0.25) is 11.5 Å². The first-order valence-electron chi connectivity index (χ1n) is 13.0. The number of imide groups is 2. The van der Waals surface area contributed by atoms with E-state index >= 15 is 0 Å². The van der Waals surface area contributed by atoms with Gasteiger partial charge < -0.3 is 4.74 Å². The smallest absolute Gasteiger partial charge is 0.418 e. The van der Waals surface area contributed by atoms with Crippen LogP contribution in [0.3, 0.4) is 0 Å². The molecule has 1 aromatic heterocycles. The van der Waals surface area contributed by atoms with Gasteiger partial charge in [-0.3, -0.25) is 24.0 Å². The quantitative estimate of drug-likeness (QED) is 0.406. The van der Waals surface area contributed by atoms with Gasteiger partial charge in [-0.05, 0) is 62.6 Å². The van der Waals surface area contributed by atoms with Crippen LogP contribution >= 0.6 is 0 Å². The Labute approximate surface area is 237 Å². The molecule has 2 atom stereocenters. The molecule has 2 aliphatic rings. The molecule has 9 nitrogen and oxygen atoms in total. The SMILES string of the molecule is Cc1nn(C)c(C)c1-c1ccc2c(c1)CC[C@@]21OC(=O)N(CC(=O)N(C(=O)c2ccc(F)cc2)[C@@H](C)C(F)(F)F)C1=O. The highest BCUT2D eigenvalue weighted by Crippen LogP contribution is 2.46. The number of benzene rings is 2. The molecule has 1 saturated heterocycles. The molecular formula is C29H26F4N4O5. The minimum Gasteiger partial charge on any atom is -0.427 e. The Kier molecular flexibility index (Phi) is 6.94. The molecule has 4 amide bonds. The third-order valence-corrected chi connectivity index (χ3v) is 7.89. The molecule has 220 valence electrons. The van der Waals surface area contributed by atoms with Crippen molar-refractivity contribution in [3.8, 4) is 11.1 Å². The van der Waals surface area contributed by atoms with Gasteiger partial charge in [0, 0.05) is 35.9 Å². The lowest BCUT2D eigenvalue weighted by atomic mass is 9.92. The van der Waals surface area contributed by atoms with Gasteiger partial charge in [-0.15, -0.1) is 0 Å². The molecule has 1 fully saturated rings. The first-order valence-corrected chi connectivity index (χ1v) is 13.0. The van der Waals surface area contributed by atoms with E-state index < -0.39 is 54.0 Å². The molecule has 5 rings (SSSR count). The molecule has 1 aliphatic carbocycles. The average molecular weight is 587 g/mol. The number of halogens is 4. The van der Waals surface area contributed by atoms with Crippen LogP contribution in [0.1, 0.15) is 46.2 Å². The Bertz CT molecular complexity index is 1630. The van der Waals surface area contributed by atoms with Gasteiger partial charge in [-0.25, -0.2) is 14.1 Å². The minimum absolute atomic E-state index is 0.0727. The fourth-order valence-electron chi connectivity index (χ4n) is 5.59. The first kappa shape index (κ1) is 29.0. The molecule has 1 aliphatic heterocycles. The number of fused-ring (bicyclic) bond motifs is 2. The lowest BCUT2D eigenvalue weighted by molar-refractivity contribution is -0.179. The maximum absolute atomic E-state index is 13.7. The Morgan fingerprint density at radius 2 is 1.79 bits per heavy atom. The monoisotopic (exact) mass is 586 g/mol. The molecular weight excluding hydrogens is 560 g/mol. The standard InChI is InChI=1S/C29H26F4N4O5/c1-15-24(16(2)35(4)34-15)20-7-10-22-19(13-20)11-12-28(22)26(40)36(27(41)42-28)14-23(38)37(17(3)29(31,32)33)25(39)18-5-8-21(30)9-6-18/h5-10,13,17H,11-12,14H2,1-4H3/t17-,28+/m0/s1. The topological polar surface area (TPSA) is 102 Å². The predicted octanol–water partition coefficient (Wildman–Crippen LogP) is 4.58. The van der Waals surface area contributed by atoms with Crippen LogP contribution in [0.4, 0.5) is 22.4 Å². The zero-order valence-corrected chi connectivity index (χ0v) is 23.1. The predicted molar refractivity (Wildman–Crippen MR) is 139 cm³/mol. The van der Waals surface area contributed by atoms with Crippen LogP contribution in [0.2, 0.25) is 0 Å². The summed E-state index contributed by atoms with van der Waals surface area (Å²) < 4.78 is 61.7. The van der Waals surface area contributed by atoms with Crippen molar-refractivity contribution in [3.63, 3.8) is 0 Å². The van der Waals surface area contributed by atoms with Gasteiger partial charge >= 0.3 is 12.3 Å². The zero-order valence-electron chi connectivity index (χ0n) is 23.1. The molecule has 2 aromatic carbocycles. The number of rotatable bonds is 5. The first-order chi connectivity index (χ1) is 19.7. The van der Waals surface area contributed by atoms with Gasteiger partial charge in [0.1, 0.15) is 18.4 Å². The molecule has 3 aromatic rings. The third-order valence-electron chi connectivity index (χ3n) is 7.89. The normalized spacial score (nSPS) is 18.8. The van der Waals surface area contributed by atoms with Crippen molar-refractivity contribution in [1.29, 1.82) is 0 Å². The van der Waals surface area contributed by atoms with E-state index in [1.807, 2.05) is 27.0 Å². The van der Waals surface area contributed by atoms with E-state index in [0.29, 0.717) is 23.8 Å². The van der Waals surface area contributed by atoms with Gasteiger partial charge in [-0.1, -0.05) is 18.2 Å². The van der Waals surface area contributed by atoms with Crippen LogP contribution in [-0.4, -0.2) is 62.2 Å². The number of aryl methyl sites for hydroxylation is 3. The van der Waals surface area contributed by atoms with Crippen molar-refractivity contribution in [2.45, 2.75) is 51.4 Å². The summed E-state index contributed by atoms with van der Waals surface area (Å²) in [6.45, 7) is 3.23. The van der Waals surface area contributed by atoms with Crippen LogP contribution in [-0.2, 0) is 33.4 Å². The number of ether oxygens (including phenoxy) is 1. The number of carbonyl (C=O) groups is 4. The average Bonchev–Trinajstić information content (AvgIpc) is 3.50. The molecule has 0 radical (unpaired) electrons. The lowest BCUT2D eigenvalue weighted by Crippen LogP contribution is -2.54. The molecule has 0 bridgehead atoms. The van der Waals surface area contributed by atoms with Crippen molar-refractivity contribution in [3.05, 3.63) is 76.4 Å². The molecule has 13 heteroatoms. The molecule has 0 N–H and O–H groups in total. The zero-order chi connectivity index (χ0) is 30.7. The summed E-state index contributed by atoms with van der Waals surface area (Å²) in [7, 11) is 1.82. The maximum atomic E-state index is 13.7. The Balaban J connectivity index is 1.43. The van der Waals surface area contributed by atoms with E-state index in [9.17, 15) is 36.7 Å². The Hall–Kier alpha value is -4.55. The summed E-state index contributed by atoms with van der Waals surface area (Å²) in [6, 6.07) is 6.30. The van der Waals surface area contributed by atoms with Crippen molar-refractivity contribution in [2.75, 3.05) is 6.54 Å². The number of hydrogen-bond acceptors (Lipinski definition) is 6. The van der Waals surface area contributed by atoms with E-state index in [2.05, 4.69) is 5.10 Å². The second-order valence-electron chi connectivity index (χ2n) is 10.4. The number of alkyl halides is 3. The van der Waals surface area contributed by atoms with Crippen molar-refractivity contribution >= 4 is 23.8 Å². The fourth-order valence-corrected chi connectivity index (χ4v) is 5.59. The molecule has 0 unspecified atom stereocenters. The molecule has 0 saturated carbocycles. The summed E-state index contributed by atoms with van der Waals surface area (Å²) in [4.78, 5) is 53.0. The highest BCUT2D eigenvalue weighted by Gasteiger charge is 2.59. The van der Waals surface area contributed by atoms with E-state index in [-0.39, 0.29) is 16.9 Å². The van der Waals surface area contributed by atoms with Gasteiger partial charge in [0.25, 0.3) is 11.8 Å². The summed E-state index contributed by atoms with van der Waals surface area (Å²) >= 11 is 0. The number of carbonyl (C=O) groups excluding carboxylic acids is 4. The Morgan fingerprint density at radius 1 is 1.12 bits per heavy atom. The Morgan fingerprint density at radius 3 is 2.38 bits per heavy atom. The second-order valence-corrected chi connectivity index (χ2v) is 10.4. The number of amides is 4. The van der Waals surface area contributed by atoms with E-state index in [1.54, 1.807) is 16.8 Å². The lowest BCUT2D eigenvalue weighted by Gasteiger charge is -2.30. The summed E-state index contributed by atoms with van der Waals surface area (Å²) in [5, 5.41) is 4.43. The van der Waals surface area contributed by atoms with Gasteiger partial charge in [0.15, 0.2) is 0 Å². The highest BCUT2D eigenvalue weighted by molar-refractivity contribution is 6.10. The van der Waals surface area contributed by atoms with Crippen molar-refractivity contribution < 1.29 is 41.5 Å². The van der Waals surface area contributed by atoms with Gasteiger partial charge in [-0.2, -0.15) is 18.3 Å². The van der Waals surface area contributed by atoms with Crippen molar-refractivity contribution in [2.24, 2.45) is 7.05 Å². The second kappa shape index (κ2) is 10.1. The number of aromatic nitrogens is 2. The third kappa shape index (κ3) is 4.62. The van der Waals surface area contributed by atoms with E-state index in [0.717, 1.165) is 52.3 Å². The minimum atomic E-state index is -5.02. The number of nitrogens with zero attached hydrogens (tertiary/aromatic N) is 4. The van der Waals surface area contributed by atoms with Crippen LogP contribution in [0.15, 0.2) is 42.5 Å². The van der Waals surface area contributed by atoms with Crippen LogP contribution in [0.25, 0.3) is 11.1 Å². The molecule has 42 heavy (non-hydrogen) atoms. The van der Waals surface area contributed by atoms with Crippen LogP contribution in [0.5, 0.6) is 0 Å². The summed E-state index contributed by atoms with van der Waals surface area (Å²) in [6.07, 6.45) is -5.79. The van der Waals surface area contributed by atoms with Crippen LogP contribution < -0.4 is 0 Å². The largest absolute Gasteiger partial charge is 0.427 e. The van der Waals surface area contributed by atoms with Gasteiger partial charge in [0.05, 0.1) is 5.69 Å². The van der Waals surface area contributed by atoms with E-state index in [1.165, 1.54) is 0 Å². The maximum Gasteiger partial charge on any atom is 0.418 e. The summed E-state index contributed by atoms with van der Waals surface area (Å²) in [5.41, 5.74) is 2.55. The van der Waals surface area contributed by atoms with Crippen molar-refractivity contribution in [1.82, 2.24) is 19.6 Å². The number of hydrogen-bond donors (Lipinski definition) is 0. The highest BCUT2D eigenvalue weighted by atomic mass is 19.4. The van der Waals surface area contributed by atoms with E-state index in [4.69, 9.17) is 4.74 Å². The molecule has 2 heterocycles. The summed E-state index contributed by atoms with van der Waals surface area (Å²) in [5.74, 6) is -4.46. The van der Waals surface area contributed by atoms with Crippen LogP contribution in [0, 0.1) is 19.7 Å². The fraction of sp³-hybridized carbons (Fsp3) is 0.345. The molecule has 1 spiro atoms.